The molecule has 0 saturated carbocycles. The molecule has 0 aliphatic heterocycles. The quantitative estimate of drug-likeness (QED) is 0.354. The van der Waals surface area contributed by atoms with Crippen molar-refractivity contribution in [2.75, 3.05) is 0 Å². The fourth-order valence-corrected chi connectivity index (χ4v) is 0. The van der Waals surface area contributed by atoms with E-state index in [1.165, 1.54) is 22.5 Å². The summed E-state index contributed by atoms with van der Waals surface area (Å²) in [5.41, 5.74) is 2.60. The van der Waals surface area contributed by atoms with Gasteiger partial charge >= 0.3 is 38.9 Å². The number of hydrogen-bond acceptors (Lipinski definition) is 0. The Balaban J connectivity index is 3.11. The van der Waals surface area contributed by atoms with E-state index in [1.54, 1.807) is 0 Å². The third kappa shape index (κ3) is 2.32. The fraction of sp³-hybridized carbons (Fsp3) is 0. The molecular formula is C3H3Sn. The van der Waals surface area contributed by atoms with E-state index in [1.807, 2.05) is 4.09 Å². The summed E-state index contributed by atoms with van der Waals surface area (Å²) < 4.78 is 1.85. The zero-order valence-corrected chi connectivity index (χ0v) is 5.14. The van der Waals surface area contributed by atoms with Crippen molar-refractivity contribution in [3.8, 4) is 0 Å². The van der Waals surface area contributed by atoms with Crippen LogP contribution in [-0.4, -0.2) is 22.5 Å². The topological polar surface area (TPSA) is 0 Å². The van der Waals surface area contributed by atoms with E-state index < -0.39 is 0 Å². The first-order valence-electron chi connectivity index (χ1n) is 0.931. The van der Waals surface area contributed by atoms with Crippen molar-refractivity contribution >= 4 is 22.5 Å². The molecular weight excluding hydrogens is 155 g/mol. The molecule has 0 rings (SSSR count). The Morgan fingerprint density at radius 1 is 2.00 bits per heavy atom. The molecule has 0 aliphatic rings. The molecule has 0 bridgehead atoms. The molecule has 0 amide bonds. The van der Waals surface area contributed by atoms with E-state index >= 15 is 0 Å². The van der Waals surface area contributed by atoms with E-state index in [9.17, 15) is 0 Å². The molecule has 0 fully saturated rings. The first kappa shape index (κ1) is 4.32. The van der Waals surface area contributed by atoms with Gasteiger partial charge in [0.15, 0.2) is 0 Å². The monoisotopic (exact) mass is 159 g/mol. The second-order valence-corrected chi connectivity index (χ2v) is 1.17. The van der Waals surface area contributed by atoms with Crippen LogP contribution >= 0.6 is 0 Å². The van der Waals surface area contributed by atoms with Crippen LogP contribution < -0.4 is 0 Å². The van der Waals surface area contributed by atoms with Crippen LogP contribution in [-0.2, 0) is 0 Å². The van der Waals surface area contributed by atoms with Gasteiger partial charge in [0.25, 0.3) is 0 Å². The molecule has 19 valence electrons. The minimum atomic E-state index is 1.37. The van der Waals surface area contributed by atoms with Crippen molar-refractivity contribution in [2.45, 2.75) is 0 Å². The zero-order chi connectivity index (χ0) is 3.41. The summed E-state index contributed by atoms with van der Waals surface area (Å²) in [6.45, 7) is 3.32. The molecule has 0 aliphatic carbocycles. The average molecular weight is 158 g/mol. The Kier molecular flexibility index (Phi) is 3.58. The van der Waals surface area contributed by atoms with Gasteiger partial charge in [-0.3, -0.25) is 0 Å². The van der Waals surface area contributed by atoms with E-state index in [0.717, 1.165) is 0 Å². The van der Waals surface area contributed by atoms with Gasteiger partial charge in [0.1, 0.15) is 0 Å². The van der Waals surface area contributed by atoms with E-state index in [2.05, 4.69) is 12.3 Å². The summed E-state index contributed by atoms with van der Waals surface area (Å²) in [5, 5.41) is 0. The molecule has 1 heteroatoms. The molecule has 0 heterocycles. The van der Waals surface area contributed by atoms with E-state index in [0.29, 0.717) is 0 Å². The molecule has 0 aromatic heterocycles. The Morgan fingerprint density at radius 2 is 2.25 bits per heavy atom. The average Bonchev–Trinajstić information content (AvgIpc) is 1.37. The van der Waals surface area contributed by atoms with Gasteiger partial charge in [-0.15, -0.1) is 0 Å². The maximum absolute atomic E-state index is 3.32. The maximum atomic E-state index is 3.32. The van der Waals surface area contributed by atoms with Crippen molar-refractivity contribution in [3.05, 3.63) is 16.4 Å². The predicted molar refractivity (Wildman–Crippen MR) is 19.5 cm³/mol. The van der Waals surface area contributed by atoms with Crippen LogP contribution in [0.5, 0.6) is 0 Å². The molecule has 3 radical (unpaired) electrons. The van der Waals surface area contributed by atoms with Crippen molar-refractivity contribution in [3.63, 3.8) is 0 Å². The van der Waals surface area contributed by atoms with Gasteiger partial charge in [-0.05, 0) is 0 Å². The molecule has 0 spiro atoms. The molecule has 0 atom stereocenters. The van der Waals surface area contributed by atoms with Gasteiger partial charge in [0, 0.05) is 0 Å². The molecule has 0 N–H and O–H groups in total. The second-order valence-electron chi connectivity index (χ2n) is 0.348. The standard InChI is InChI=1S/C3H3.Sn/c1-3-2;/h1H,2H2;. The number of hydrogen-bond donors (Lipinski definition) is 0. The fourth-order valence-electron chi connectivity index (χ4n) is 0. The normalized spacial score (nSPS) is 4.25. The first-order valence-corrected chi connectivity index (χ1v) is 2.58. The van der Waals surface area contributed by atoms with Crippen LogP contribution in [0.25, 0.3) is 0 Å². The number of rotatable bonds is 0. The van der Waals surface area contributed by atoms with Crippen LogP contribution in [0.1, 0.15) is 0 Å². The van der Waals surface area contributed by atoms with Gasteiger partial charge in [-0.2, -0.15) is 0 Å². The third-order valence-electron chi connectivity index (χ3n) is 0.102. The van der Waals surface area contributed by atoms with Crippen LogP contribution in [0.4, 0.5) is 0 Å². The van der Waals surface area contributed by atoms with Gasteiger partial charge in [-0.1, -0.05) is 0 Å². The minimum absolute atomic E-state index is 1.37. The molecule has 0 aromatic rings. The van der Waals surface area contributed by atoms with Crippen LogP contribution in [0.2, 0.25) is 0 Å². The van der Waals surface area contributed by atoms with Gasteiger partial charge in [0.2, 0.25) is 0 Å². The Morgan fingerprint density at radius 3 is 2.25 bits per heavy atom. The first-order chi connectivity index (χ1) is 1.91. The zero-order valence-electron chi connectivity index (χ0n) is 2.28. The van der Waals surface area contributed by atoms with Gasteiger partial charge < -0.3 is 0 Å². The molecule has 0 unspecified atom stereocenters. The van der Waals surface area contributed by atoms with Gasteiger partial charge in [-0.25, -0.2) is 0 Å². The Hall–Kier alpha value is 0.319. The summed E-state index contributed by atoms with van der Waals surface area (Å²) in [6.07, 6.45) is 0. The van der Waals surface area contributed by atoms with Crippen LogP contribution in [0, 0.1) is 0 Å². The molecule has 0 nitrogen and oxygen atoms in total. The third-order valence-corrected chi connectivity index (χ3v) is 0.685. The van der Waals surface area contributed by atoms with Crippen molar-refractivity contribution in [2.24, 2.45) is 0 Å². The van der Waals surface area contributed by atoms with Gasteiger partial charge in [0.05, 0.1) is 0 Å². The van der Waals surface area contributed by atoms with Crippen molar-refractivity contribution in [1.82, 2.24) is 0 Å². The molecule has 4 heavy (non-hydrogen) atoms. The van der Waals surface area contributed by atoms with E-state index in [-0.39, 0.29) is 0 Å². The second kappa shape index (κ2) is 3.32. The summed E-state index contributed by atoms with van der Waals surface area (Å²) in [5.74, 6) is 0. The molecule has 0 aromatic carbocycles. The summed E-state index contributed by atoms with van der Waals surface area (Å²) in [7, 11) is 0. The van der Waals surface area contributed by atoms with Crippen LogP contribution in [0.3, 0.4) is 0 Å². The Bertz CT molecular complexity index is 41.2. The van der Waals surface area contributed by atoms with Crippen molar-refractivity contribution < 1.29 is 0 Å². The predicted octanol–water partition coefficient (Wildman–Crippen LogP) is 0.453. The van der Waals surface area contributed by atoms with Crippen molar-refractivity contribution in [1.29, 1.82) is 0 Å². The van der Waals surface area contributed by atoms with E-state index in [4.69, 9.17) is 0 Å². The molecule has 0 saturated heterocycles. The summed E-state index contributed by atoms with van der Waals surface area (Å²) in [4.78, 5) is 0. The summed E-state index contributed by atoms with van der Waals surface area (Å²) in [6, 6.07) is 0. The SMILES string of the molecule is C=C=[CH][Sn]. The summed E-state index contributed by atoms with van der Waals surface area (Å²) >= 11 is 1.37. The van der Waals surface area contributed by atoms with Crippen LogP contribution in [0.15, 0.2) is 16.4 Å². The Labute approximate surface area is 39.3 Å².